The molecule has 2 aliphatic heterocycles. The molecule has 0 aromatic heterocycles. The third-order valence-electron chi connectivity index (χ3n) is 5.85. The quantitative estimate of drug-likeness (QED) is 0.803. The maximum Gasteiger partial charge on any atom is 0.313 e. The van der Waals surface area contributed by atoms with Crippen molar-refractivity contribution in [1.29, 1.82) is 0 Å². The molecule has 152 valence electrons. The summed E-state index contributed by atoms with van der Waals surface area (Å²) in [5.41, 5.74) is 1.05. The third kappa shape index (κ3) is 4.04. The number of aryl methyl sites for hydroxylation is 1. The van der Waals surface area contributed by atoms with E-state index in [1.807, 2.05) is 31.2 Å². The van der Waals surface area contributed by atoms with E-state index in [2.05, 4.69) is 0 Å². The normalized spacial score (nSPS) is 25.2. The Kier molecular flexibility index (Phi) is 6.03. The molecule has 2 amide bonds. The number of methoxy groups -OCH3 is 1. The Bertz CT molecular complexity index is 744. The van der Waals surface area contributed by atoms with E-state index in [9.17, 15) is 19.5 Å². The number of piperidine rings is 1. The molecule has 2 saturated heterocycles. The molecular formula is C21H28N2O5. The first-order valence-electron chi connectivity index (χ1n) is 9.72. The zero-order valence-corrected chi connectivity index (χ0v) is 16.5. The van der Waals surface area contributed by atoms with Crippen LogP contribution in [0.2, 0.25) is 0 Å². The lowest BCUT2D eigenvalue weighted by Crippen LogP contribution is -2.55. The number of amides is 2. The standard InChI is InChI=1S/C21H28N2O5/c1-15-4-6-16(7-5-15)12-23-17(8-9-18(23)24)19(25)22-11-3-10-21(13-22,14-28-2)20(26)27/h4-7,17H,3,8-14H2,1-2H3,(H,26,27). The molecule has 7 nitrogen and oxygen atoms in total. The number of carboxylic acid groups (broad SMARTS) is 1. The molecule has 1 aromatic carbocycles. The second-order valence-electron chi connectivity index (χ2n) is 7.94. The summed E-state index contributed by atoms with van der Waals surface area (Å²) in [4.78, 5) is 40.7. The zero-order valence-electron chi connectivity index (χ0n) is 16.5. The SMILES string of the molecule is COCC1(C(=O)O)CCCN(C(=O)C2CCC(=O)N2Cc2ccc(C)cc2)C1. The van der Waals surface area contributed by atoms with Crippen molar-refractivity contribution in [2.75, 3.05) is 26.8 Å². The molecule has 0 radical (unpaired) electrons. The molecule has 28 heavy (non-hydrogen) atoms. The van der Waals surface area contributed by atoms with E-state index in [1.54, 1.807) is 9.80 Å². The minimum Gasteiger partial charge on any atom is -0.481 e. The van der Waals surface area contributed by atoms with Gasteiger partial charge in [-0.05, 0) is 31.7 Å². The van der Waals surface area contributed by atoms with Crippen LogP contribution < -0.4 is 0 Å². The van der Waals surface area contributed by atoms with Gasteiger partial charge in [0.05, 0.1) is 6.61 Å². The average molecular weight is 388 g/mol. The summed E-state index contributed by atoms with van der Waals surface area (Å²) in [6.45, 7) is 3.11. The highest BCUT2D eigenvalue weighted by Gasteiger charge is 2.46. The van der Waals surface area contributed by atoms with Crippen molar-refractivity contribution in [2.24, 2.45) is 5.41 Å². The van der Waals surface area contributed by atoms with Gasteiger partial charge in [0.15, 0.2) is 0 Å². The highest BCUT2D eigenvalue weighted by Crippen LogP contribution is 2.33. The maximum atomic E-state index is 13.2. The van der Waals surface area contributed by atoms with Crippen molar-refractivity contribution < 1.29 is 24.2 Å². The van der Waals surface area contributed by atoms with Gasteiger partial charge in [0.1, 0.15) is 11.5 Å². The van der Waals surface area contributed by atoms with Crippen LogP contribution in [0.15, 0.2) is 24.3 Å². The Hall–Kier alpha value is -2.41. The molecule has 3 rings (SSSR count). The van der Waals surface area contributed by atoms with Crippen molar-refractivity contribution in [3.8, 4) is 0 Å². The number of carboxylic acids is 1. The first kappa shape index (κ1) is 20.3. The van der Waals surface area contributed by atoms with E-state index in [0.717, 1.165) is 11.1 Å². The molecule has 0 bridgehead atoms. The largest absolute Gasteiger partial charge is 0.481 e. The number of carbonyl (C=O) groups is 3. The lowest BCUT2D eigenvalue weighted by atomic mass is 9.80. The number of hydrogen-bond acceptors (Lipinski definition) is 4. The van der Waals surface area contributed by atoms with Crippen LogP contribution in [0.25, 0.3) is 0 Å². The van der Waals surface area contributed by atoms with Crippen LogP contribution in [-0.4, -0.2) is 65.5 Å². The zero-order chi connectivity index (χ0) is 20.3. The number of benzene rings is 1. The van der Waals surface area contributed by atoms with Crippen LogP contribution in [0.3, 0.4) is 0 Å². The lowest BCUT2D eigenvalue weighted by Gasteiger charge is -2.41. The Morgan fingerprint density at radius 2 is 2.00 bits per heavy atom. The third-order valence-corrected chi connectivity index (χ3v) is 5.85. The monoisotopic (exact) mass is 388 g/mol. The second-order valence-corrected chi connectivity index (χ2v) is 7.94. The van der Waals surface area contributed by atoms with E-state index in [4.69, 9.17) is 4.74 Å². The number of carbonyl (C=O) groups excluding carboxylic acids is 2. The molecule has 2 atom stereocenters. The van der Waals surface area contributed by atoms with Crippen LogP contribution in [0.4, 0.5) is 0 Å². The van der Waals surface area contributed by atoms with Crippen LogP contribution in [0.1, 0.15) is 36.8 Å². The topological polar surface area (TPSA) is 87.1 Å². The van der Waals surface area contributed by atoms with Gasteiger partial charge in [-0.15, -0.1) is 0 Å². The van der Waals surface area contributed by atoms with E-state index >= 15 is 0 Å². The Labute approximate surface area is 165 Å². The summed E-state index contributed by atoms with van der Waals surface area (Å²) < 4.78 is 5.14. The fourth-order valence-electron chi connectivity index (χ4n) is 4.24. The van der Waals surface area contributed by atoms with Gasteiger partial charge in [0.2, 0.25) is 11.8 Å². The van der Waals surface area contributed by atoms with Crippen molar-refractivity contribution in [1.82, 2.24) is 9.80 Å². The van der Waals surface area contributed by atoms with Crippen molar-refractivity contribution >= 4 is 17.8 Å². The van der Waals surface area contributed by atoms with Crippen LogP contribution in [0, 0.1) is 12.3 Å². The molecule has 2 aliphatic rings. The van der Waals surface area contributed by atoms with E-state index in [1.165, 1.54) is 7.11 Å². The summed E-state index contributed by atoms with van der Waals surface area (Å²) in [5.74, 6) is -1.12. The molecule has 0 saturated carbocycles. The van der Waals surface area contributed by atoms with Crippen molar-refractivity contribution in [2.45, 2.75) is 45.2 Å². The fourth-order valence-corrected chi connectivity index (χ4v) is 4.24. The highest BCUT2D eigenvalue weighted by atomic mass is 16.5. The Morgan fingerprint density at radius 3 is 2.64 bits per heavy atom. The molecule has 2 heterocycles. The number of ether oxygens (including phenoxy) is 1. The minimum absolute atomic E-state index is 0.0303. The molecule has 1 N–H and O–H groups in total. The predicted molar refractivity (Wildman–Crippen MR) is 103 cm³/mol. The van der Waals surface area contributed by atoms with Gasteiger partial charge >= 0.3 is 5.97 Å². The summed E-state index contributed by atoms with van der Waals surface area (Å²) in [7, 11) is 1.48. The number of rotatable bonds is 6. The van der Waals surface area contributed by atoms with Crippen molar-refractivity contribution in [3.63, 3.8) is 0 Å². The summed E-state index contributed by atoms with van der Waals surface area (Å²) in [5, 5.41) is 9.71. The van der Waals surface area contributed by atoms with Gasteiger partial charge in [-0.2, -0.15) is 0 Å². The summed E-state index contributed by atoms with van der Waals surface area (Å²) in [6, 6.07) is 7.39. The molecule has 7 heteroatoms. The number of aliphatic carboxylic acids is 1. The second kappa shape index (κ2) is 8.31. The van der Waals surface area contributed by atoms with Crippen LogP contribution >= 0.6 is 0 Å². The smallest absolute Gasteiger partial charge is 0.313 e. The average Bonchev–Trinajstić information content (AvgIpc) is 3.03. The van der Waals surface area contributed by atoms with Gasteiger partial charge in [-0.1, -0.05) is 29.8 Å². The Balaban J connectivity index is 1.75. The number of nitrogens with zero attached hydrogens (tertiary/aromatic N) is 2. The minimum atomic E-state index is -1.08. The maximum absolute atomic E-state index is 13.2. The number of likely N-dealkylation sites (tertiary alicyclic amines) is 2. The van der Waals surface area contributed by atoms with Crippen LogP contribution in [-0.2, 0) is 25.7 Å². The van der Waals surface area contributed by atoms with Gasteiger partial charge < -0.3 is 19.6 Å². The van der Waals surface area contributed by atoms with Gasteiger partial charge in [0, 0.05) is 33.2 Å². The van der Waals surface area contributed by atoms with Gasteiger partial charge in [-0.3, -0.25) is 14.4 Å². The van der Waals surface area contributed by atoms with E-state index in [-0.39, 0.29) is 25.0 Å². The van der Waals surface area contributed by atoms with E-state index < -0.39 is 17.4 Å². The molecule has 0 spiro atoms. The van der Waals surface area contributed by atoms with Crippen LogP contribution in [0.5, 0.6) is 0 Å². The number of hydrogen-bond donors (Lipinski definition) is 1. The lowest BCUT2D eigenvalue weighted by molar-refractivity contribution is -0.160. The van der Waals surface area contributed by atoms with Crippen molar-refractivity contribution in [3.05, 3.63) is 35.4 Å². The summed E-state index contributed by atoms with van der Waals surface area (Å²) >= 11 is 0. The Morgan fingerprint density at radius 1 is 1.29 bits per heavy atom. The first-order valence-corrected chi connectivity index (χ1v) is 9.72. The first-order chi connectivity index (χ1) is 13.4. The van der Waals surface area contributed by atoms with Gasteiger partial charge in [0.25, 0.3) is 0 Å². The van der Waals surface area contributed by atoms with Gasteiger partial charge in [-0.25, -0.2) is 0 Å². The fraction of sp³-hybridized carbons (Fsp3) is 0.571. The summed E-state index contributed by atoms with van der Waals surface area (Å²) in [6.07, 6.45) is 1.92. The molecule has 2 fully saturated rings. The molecule has 1 aromatic rings. The van der Waals surface area contributed by atoms with E-state index in [0.29, 0.717) is 38.8 Å². The molecule has 2 unspecified atom stereocenters. The molecular weight excluding hydrogens is 360 g/mol. The predicted octanol–water partition coefficient (Wildman–Crippen LogP) is 1.83. The highest BCUT2D eigenvalue weighted by molar-refractivity contribution is 5.91. The molecule has 0 aliphatic carbocycles.